The van der Waals surface area contributed by atoms with Gasteiger partial charge in [0.25, 0.3) is 5.69 Å². The largest absolute Gasteiger partial charge is 0.423 e. The highest BCUT2D eigenvalue weighted by atomic mass is 16.6. The Morgan fingerprint density at radius 2 is 1.88 bits per heavy atom. The lowest BCUT2D eigenvalue weighted by Gasteiger charge is -2.55. The average molecular weight is 443 g/mol. The molecule has 3 unspecified atom stereocenters. The lowest BCUT2D eigenvalue weighted by molar-refractivity contribution is -0.384. The second-order valence-corrected chi connectivity index (χ2v) is 9.14. The first kappa shape index (κ1) is 21.3. The molecule has 1 aliphatic heterocycles. The number of carbonyl (C=O) groups excluding carboxylic acids is 1. The first-order valence-corrected chi connectivity index (χ1v) is 11.3. The fourth-order valence-electron chi connectivity index (χ4n) is 5.82. The Morgan fingerprint density at radius 3 is 2.64 bits per heavy atom. The summed E-state index contributed by atoms with van der Waals surface area (Å²) in [7, 11) is 2.20. The molecule has 33 heavy (non-hydrogen) atoms. The lowest BCUT2D eigenvalue weighted by atomic mass is 9.55. The zero-order valence-electron chi connectivity index (χ0n) is 18.7. The maximum absolute atomic E-state index is 12.8. The number of non-ortho nitro benzene ring substituents is 1. The van der Waals surface area contributed by atoms with E-state index in [1.165, 1.54) is 41.0 Å². The third kappa shape index (κ3) is 3.51. The molecule has 1 saturated heterocycles. The molecule has 0 amide bonds. The van der Waals surface area contributed by atoms with Gasteiger partial charge >= 0.3 is 5.97 Å². The average Bonchev–Trinajstić information content (AvgIpc) is 2.83. The van der Waals surface area contributed by atoms with E-state index in [0.717, 1.165) is 19.4 Å². The van der Waals surface area contributed by atoms with Crippen molar-refractivity contribution < 1.29 is 14.5 Å². The SMILES string of the molecule is CC1C2Cc3ccc(OC(=O)c4cccc([N+](=O)[O-])c4)cc3C1(c1ccccc1)CCN2C. The van der Waals surface area contributed by atoms with E-state index >= 15 is 0 Å². The van der Waals surface area contributed by atoms with Crippen LogP contribution < -0.4 is 4.74 Å². The van der Waals surface area contributed by atoms with Crippen LogP contribution in [0, 0.1) is 16.0 Å². The monoisotopic (exact) mass is 442 g/mol. The van der Waals surface area contributed by atoms with Crippen LogP contribution in [0.4, 0.5) is 5.69 Å². The highest BCUT2D eigenvalue weighted by Crippen LogP contribution is 2.53. The van der Waals surface area contributed by atoms with Gasteiger partial charge in [-0.2, -0.15) is 0 Å². The standard InChI is InChI=1S/C27H26N2O4/c1-18-25-16-19-11-12-23(33-26(30)20-7-6-10-22(15-20)29(31)32)17-24(19)27(18,13-14-28(25)2)21-8-4-3-5-9-21/h3-12,15,17-18,25H,13-14,16H2,1-2H3. The van der Waals surface area contributed by atoms with Crippen LogP contribution in [0.25, 0.3) is 0 Å². The van der Waals surface area contributed by atoms with Crippen molar-refractivity contribution in [3.63, 3.8) is 0 Å². The minimum atomic E-state index is -0.600. The third-order valence-electron chi connectivity index (χ3n) is 7.56. The van der Waals surface area contributed by atoms with Gasteiger partial charge in [-0.3, -0.25) is 10.1 Å². The maximum atomic E-state index is 12.8. The minimum Gasteiger partial charge on any atom is -0.423 e. The molecule has 1 aliphatic carbocycles. The van der Waals surface area contributed by atoms with Gasteiger partial charge in [0.05, 0.1) is 10.5 Å². The van der Waals surface area contributed by atoms with Crippen molar-refractivity contribution in [2.24, 2.45) is 5.92 Å². The number of hydrogen-bond acceptors (Lipinski definition) is 5. The van der Waals surface area contributed by atoms with Crippen molar-refractivity contribution >= 4 is 11.7 Å². The van der Waals surface area contributed by atoms with E-state index in [9.17, 15) is 14.9 Å². The number of fused-ring (bicyclic) bond motifs is 4. The Morgan fingerprint density at radius 1 is 1.09 bits per heavy atom. The van der Waals surface area contributed by atoms with Crippen LogP contribution in [0.3, 0.4) is 0 Å². The molecule has 3 aromatic carbocycles. The van der Waals surface area contributed by atoms with Gasteiger partial charge in [-0.25, -0.2) is 4.79 Å². The Balaban J connectivity index is 1.55. The quantitative estimate of drug-likeness (QED) is 0.246. The fraction of sp³-hybridized carbons (Fsp3) is 0.296. The molecule has 0 spiro atoms. The summed E-state index contributed by atoms with van der Waals surface area (Å²) in [6.07, 6.45) is 1.95. The molecule has 2 bridgehead atoms. The highest BCUT2D eigenvalue weighted by Gasteiger charge is 2.51. The van der Waals surface area contributed by atoms with Crippen molar-refractivity contribution in [1.29, 1.82) is 0 Å². The molecule has 3 atom stereocenters. The number of nitrogens with zero attached hydrogens (tertiary/aromatic N) is 2. The fourth-order valence-corrected chi connectivity index (χ4v) is 5.82. The van der Waals surface area contributed by atoms with Gasteiger partial charge in [0.2, 0.25) is 0 Å². The number of hydrogen-bond donors (Lipinski definition) is 0. The predicted molar refractivity (Wildman–Crippen MR) is 126 cm³/mol. The molecule has 1 heterocycles. The number of likely N-dealkylation sites (tertiary alicyclic amines) is 1. The molecule has 0 aromatic heterocycles. The molecule has 168 valence electrons. The van der Waals surface area contributed by atoms with E-state index in [4.69, 9.17) is 4.74 Å². The van der Waals surface area contributed by atoms with Gasteiger partial charge in [-0.1, -0.05) is 49.4 Å². The van der Waals surface area contributed by atoms with Crippen LogP contribution in [0.15, 0.2) is 72.8 Å². The number of nitro benzene ring substituents is 1. The van der Waals surface area contributed by atoms with Gasteiger partial charge < -0.3 is 9.64 Å². The number of rotatable bonds is 4. The first-order valence-electron chi connectivity index (χ1n) is 11.3. The molecule has 0 N–H and O–H groups in total. The van der Waals surface area contributed by atoms with Crippen LogP contribution >= 0.6 is 0 Å². The maximum Gasteiger partial charge on any atom is 0.343 e. The minimum absolute atomic E-state index is 0.135. The van der Waals surface area contributed by atoms with E-state index in [0.29, 0.717) is 17.7 Å². The smallest absolute Gasteiger partial charge is 0.343 e. The number of nitro groups is 1. The second kappa shape index (κ2) is 8.12. The molecule has 5 rings (SSSR count). The normalized spacial score (nSPS) is 24.1. The van der Waals surface area contributed by atoms with Crippen molar-refractivity contribution in [2.45, 2.75) is 31.2 Å². The molecule has 3 aromatic rings. The molecule has 2 aliphatic rings. The highest BCUT2D eigenvalue weighted by molar-refractivity contribution is 5.91. The van der Waals surface area contributed by atoms with Crippen molar-refractivity contribution in [2.75, 3.05) is 13.6 Å². The van der Waals surface area contributed by atoms with Crippen molar-refractivity contribution in [1.82, 2.24) is 4.90 Å². The Kier molecular flexibility index (Phi) is 5.25. The topological polar surface area (TPSA) is 72.7 Å². The number of piperidine rings is 1. The van der Waals surface area contributed by atoms with Crippen LogP contribution in [-0.2, 0) is 11.8 Å². The van der Waals surface area contributed by atoms with Crippen LogP contribution in [0.1, 0.15) is 40.4 Å². The summed E-state index contributed by atoms with van der Waals surface area (Å²) < 4.78 is 5.70. The Labute approximate surface area is 193 Å². The summed E-state index contributed by atoms with van der Waals surface area (Å²) in [4.78, 5) is 25.8. The Hall–Kier alpha value is -3.51. The number of esters is 1. The predicted octanol–water partition coefficient (Wildman–Crippen LogP) is 5.00. The number of ether oxygens (including phenoxy) is 1. The molecule has 0 saturated carbocycles. The summed E-state index contributed by atoms with van der Waals surface area (Å²) in [6, 6.07) is 22.6. The zero-order chi connectivity index (χ0) is 23.2. The van der Waals surface area contributed by atoms with E-state index in [2.05, 4.69) is 49.2 Å². The number of carbonyl (C=O) groups is 1. The molecular weight excluding hydrogens is 416 g/mol. The van der Waals surface area contributed by atoms with Gasteiger partial charge in [0, 0.05) is 23.6 Å². The third-order valence-corrected chi connectivity index (χ3v) is 7.56. The van der Waals surface area contributed by atoms with E-state index in [-0.39, 0.29) is 16.7 Å². The van der Waals surface area contributed by atoms with Crippen molar-refractivity contribution in [3.05, 3.63) is 105 Å². The molecule has 0 radical (unpaired) electrons. The zero-order valence-corrected chi connectivity index (χ0v) is 18.7. The van der Waals surface area contributed by atoms with Crippen LogP contribution in [-0.4, -0.2) is 35.4 Å². The summed E-state index contributed by atoms with van der Waals surface area (Å²) in [6.45, 7) is 3.33. The lowest BCUT2D eigenvalue weighted by Crippen LogP contribution is -2.58. The van der Waals surface area contributed by atoms with E-state index < -0.39 is 10.9 Å². The summed E-state index contributed by atoms with van der Waals surface area (Å²) in [5, 5.41) is 11.1. The van der Waals surface area contributed by atoms with Gasteiger partial charge in [-0.15, -0.1) is 0 Å². The van der Waals surface area contributed by atoms with E-state index in [1.54, 1.807) is 0 Å². The first-order chi connectivity index (χ1) is 15.9. The summed E-state index contributed by atoms with van der Waals surface area (Å²) in [5.41, 5.74) is 3.66. The van der Waals surface area contributed by atoms with E-state index in [1.807, 2.05) is 18.2 Å². The summed E-state index contributed by atoms with van der Waals surface area (Å²) in [5.74, 6) is 0.261. The summed E-state index contributed by atoms with van der Waals surface area (Å²) >= 11 is 0. The van der Waals surface area contributed by atoms with Gasteiger partial charge in [-0.05, 0) is 67.2 Å². The molecule has 1 fully saturated rings. The molecular formula is C27H26N2O4. The molecule has 6 heteroatoms. The number of benzene rings is 3. The van der Waals surface area contributed by atoms with Gasteiger partial charge in [0.15, 0.2) is 0 Å². The molecule has 6 nitrogen and oxygen atoms in total. The van der Waals surface area contributed by atoms with Crippen molar-refractivity contribution in [3.8, 4) is 5.75 Å². The van der Waals surface area contributed by atoms with Crippen LogP contribution in [0.5, 0.6) is 5.75 Å². The second-order valence-electron chi connectivity index (χ2n) is 9.14. The van der Waals surface area contributed by atoms with Gasteiger partial charge in [0.1, 0.15) is 5.75 Å². The van der Waals surface area contributed by atoms with Crippen LogP contribution in [0.2, 0.25) is 0 Å². The Bertz CT molecular complexity index is 1230. The number of likely N-dealkylation sites (N-methyl/N-ethyl adjacent to an activating group) is 1.